The summed E-state index contributed by atoms with van der Waals surface area (Å²) in [6.45, 7) is 10.7. The lowest BCUT2D eigenvalue weighted by Crippen LogP contribution is -2.50. The Hall–Kier alpha value is -1.78. The Morgan fingerprint density at radius 3 is 2.45 bits per heavy atom. The SMILES string of the molecule is Cc1cc(N2CCN(C(=O)OC(C)(C)C)CC2)ccn1. The highest BCUT2D eigenvalue weighted by atomic mass is 16.6. The van der Waals surface area contributed by atoms with Gasteiger partial charge in [-0.2, -0.15) is 0 Å². The molecular formula is C15H23N3O2. The van der Waals surface area contributed by atoms with E-state index in [0.717, 1.165) is 18.8 Å². The van der Waals surface area contributed by atoms with Gasteiger partial charge in [0.15, 0.2) is 0 Å². The predicted octanol–water partition coefficient (Wildman–Crippen LogP) is 2.45. The summed E-state index contributed by atoms with van der Waals surface area (Å²) >= 11 is 0. The molecule has 110 valence electrons. The van der Waals surface area contributed by atoms with E-state index in [-0.39, 0.29) is 6.09 Å². The molecule has 0 aromatic carbocycles. The molecule has 0 aliphatic carbocycles. The fourth-order valence-corrected chi connectivity index (χ4v) is 2.20. The van der Waals surface area contributed by atoms with E-state index in [1.807, 2.05) is 40.0 Å². The summed E-state index contributed by atoms with van der Waals surface area (Å²) in [5.41, 5.74) is 1.74. The fourth-order valence-electron chi connectivity index (χ4n) is 2.20. The maximum Gasteiger partial charge on any atom is 0.410 e. The van der Waals surface area contributed by atoms with E-state index in [1.165, 1.54) is 5.69 Å². The van der Waals surface area contributed by atoms with E-state index < -0.39 is 5.60 Å². The van der Waals surface area contributed by atoms with Crippen molar-refractivity contribution in [2.24, 2.45) is 0 Å². The van der Waals surface area contributed by atoms with Crippen LogP contribution < -0.4 is 4.90 Å². The summed E-state index contributed by atoms with van der Waals surface area (Å²) in [5.74, 6) is 0. The van der Waals surface area contributed by atoms with Gasteiger partial charge in [-0.15, -0.1) is 0 Å². The number of anilines is 1. The molecule has 2 heterocycles. The minimum absolute atomic E-state index is 0.219. The Morgan fingerprint density at radius 2 is 1.90 bits per heavy atom. The summed E-state index contributed by atoms with van der Waals surface area (Å²) in [6, 6.07) is 4.08. The number of carbonyl (C=O) groups excluding carboxylic acids is 1. The highest BCUT2D eigenvalue weighted by molar-refractivity contribution is 5.68. The van der Waals surface area contributed by atoms with Crippen LogP contribution >= 0.6 is 0 Å². The Balaban J connectivity index is 1.91. The predicted molar refractivity (Wildman–Crippen MR) is 79.0 cm³/mol. The summed E-state index contributed by atoms with van der Waals surface area (Å²) < 4.78 is 5.40. The summed E-state index contributed by atoms with van der Waals surface area (Å²) in [5, 5.41) is 0. The van der Waals surface area contributed by atoms with Crippen LogP contribution in [0.5, 0.6) is 0 Å². The fraction of sp³-hybridized carbons (Fsp3) is 0.600. The zero-order valence-corrected chi connectivity index (χ0v) is 12.7. The van der Waals surface area contributed by atoms with Crippen molar-refractivity contribution >= 4 is 11.8 Å². The lowest BCUT2D eigenvalue weighted by molar-refractivity contribution is 0.0240. The van der Waals surface area contributed by atoms with Crippen molar-refractivity contribution in [3.63, 3.8) is 0 Å². The molecule has 0 bridgehead atoms. The smallest absolute Gasteiger partial charge is 0.410 e. The Kier molecular flexibility index (Phi) is 4.16. The van der Waals surface area contributed by atoms with E-state index in [0.29, 0.717) is 13.1 Å². The quantitative estimate of drug-likeness (QED) is 0.791. The molecule has 5 nitrogen and oxygen atoms in total. The molecule has 1 aliphatic rings. The molecule has 0 spiro atoms. The van der Waals surface area contributed by atoms with Crippen molar-refractivity contribution in [2.45, 2.75) is 33.3 Å². The van der Waals surface area contributed by atoms with Crippen molar-refractivity contribution in [1.29, 1.82) is 0 Å². The molecule has 0 atom stereocenters. The van der Waals surface area contributed by atoms with Crippen LogP contribution in [0, 0.1) is 6.92 Å². The number of hydrogen-bond acceptors (Lipinski definition) is 4. The zero-order valence-electron chi connectivity index (χ0n) is 12.7. The number of pyridine rings is 1. The van der Waals surface area contributed by atoms with Crippen LogP contribution in [-0.4, -0.2) is 47.8 Å². The summed E-state index contributed by atoms with van der Waals surface area (Å²) in [7, 11) is 0. The van der Waals surface area contributed by atoms with Crippen LogP contribution in [0.15, 0.2) is 18.3 Å². The van der Waals surface area contributed by atoms with Gasteiger partial charge in [0.1, 0.15) is 5.60 Å². The van der Waals surface area contributed by atoms with Gasteiger partial charge in [0, 0.05) is 43.8 Å². The second-order valence-electron chi connectivity index (χ2n) is 6.11. The van der Waals surface area contributed by atoms with E-state index in [1.54, 1.807) is 4.90 Å². The Morgan fingerprint density at radius 1 is 1.25 bits per heavy atom. The second-order valence-corrected chi connectivity index (χ2v) is 6.11. The molecule has 5 heteroatoms. The maximum atomic E-state index is 12.0. The third-order valence-electron chi connectivity index (χ3n) is 3.18. The molecule has 0 unspecified atom stereocenters. The minimum atomic E-state index is -0.434. The number of aromatic nitrogens is 1. The van der Waals surface area contributed by atoms with Gasteiger partial charge >= 0.3 is 6.09 Å². The van der Waals surface area contributed by atoms with Gasteiger partial charge in [-0.05, 0) is 39.8 Å². The number of nitrogens with zero attached hydrogens (tertiary/aromatic N) is 3. The van der Waals surface area contributed by atoms with Gasteiger partial charge in [-0.3, -0.25) is 4.98 Å². The van der Waals surface area contributed by atoms with Crippen LogP contribution in [0.4, 0.5) is 10.5 Å². The maximum absolute atomic E-state index is 12.0. The van der Waals surface area contributed by atoms with Crippen LogP contribution in [0.25, 0.3) is 0 Å². The summed E-state index contributed by atoms with van der Waals surface area (Å²) in [6.07, 6.45) is 1.60. The van der Waals surface area contributed by atoms with Gasteiger partial charge in [0.2, 0.25) is 0 Å². The number of amides is 1. The monoisotopic (exact) mass is 277 g/mol. The Bertz CT molecular complexity index is 474. The molecular weight excluding hydrogens is 254 g/mol. The standard InChI is InChI=1S/C15H23N3O2/c1-12-11-13(5-6-16-12)17-7-9-18(10-8-17)14(19)20-15(2,3)4/h5-6,11H,7-10H2,1-4H3. The highest BCUT2D eigenvalue weighted by Crippen LogP contribution is 2.18. The van der Waals surface area contributed by atoms with Crippen LogP contribution in [-0.2, 0) is 4.74 Å². The van der Waals surface area contributed by atoms with Gasteiger partial charge in [0.25, 0.3) is 0 Å². The number of aryl methyl sites for hydroxylation is 1. The molecule has 1 saturated heterocycles. The molecule has 20 heavy (non-hydrogen) atoms. The normalized spacial score (nSPS) is 16.2. The van der Waals surface area contributed by atoms with Crippen LogP contribution in [0.1, 0.15) is 26.5 Å². The van der Waals surface area contributed by atoms with Gasteiger partial charge in [0.05, 0.1) is 0 Å². The first-order chi connectivity index (χ1) is 9.35. The van der Waals surface area contributed by atoms with Crippen LogP contribution in [0.3, 0.4) is 0 Å². The van der Waals surface area contributed by atoms with Gasteiger partial charge < -0.3 is 14.5 Å². The second kappa shape index (κ2) is 5.69. The van der Waals surface area contributed by atoms with E-state index in [2.05, 4.69) is 16.0 Å². The molecule has 0 radical (unpaired) electrons. The molecule has 2 rings (SSSR count). The van der Waals surface area contributed by atoms with Gasteiger partial charge in [-0.1, -0.05) is 0 Å². The van der Waals surface area contributed by atoms with E-state index >= 15 is 0 Å². The Labute approximate surface area is 120 Å². The number of hydrogen-bond donors (Lipinski definition) is 0. The molecule has 1 aromatic heterocycles. The lowest BCUT2D eigenvalue weighted by Gasteiger charge is -2.36. The number of ether oxygens (including phenoxy) is 1. The summed E-state index contributed by atoms with van der Waals surface area (Å²) in [4.78, 5) is 20.2. The minimum Gasteiger partial charge on any atom is -0.444 e. The molecule has 1 aliphatic heterocycles. The van der Waals surface area contributed by atoms with Crippen molar-refractivity contribution in [3.8, 4) is 0 Å². The van der Waals surface area contributed by atoms with Crippen molar-refractivity contribution in [3.05, 3.63) is 24.0 Å². The number of carbonyl (C=O) groups is 1. The molecule has 0 saturated carbocycles. The van der Waals surface area contributed by atoms with E-state index in [4.69, 9.17) is 4.74 Å². The van der Waals surface area contributed by atoms with Crippen molar-refractivity contribution in [1.82, 2.24) is 9.88 Å². The first-order valence-corrected chi connectivity index (χ1v) is 7.01. The number of piperazine rings is 1. The third-order valence-corrected chi connectivity index (χ3v) is 3.18. The zero-order chi connectivity index (χ0) is 14.8. The average molecular weight is 277 g/mol. The highest BCUT2D eigenvalue weighted by Gasteiger charge is 2.25. The molecule has 1 fully saturated rings. The first-order valence-electron chi connectivity index (χ1n) is 7.01. The molecule has 0 N–H and O–H groups in total. The molecule has 1 aromatic rings. The largest absolute Gasteiger partial charge is 0.444 e. The van der Waals surface area contributed by atoms with Crippen LogP contribution in [0.2, 0.25) is 0 Å². The topological polar surface area (TPSA) is 45.7 Å². The van der Waals surface area contributed by atoms with Crippen molar-refractivity contribution < 1.29 is 9.53 Å². The third kappa shape index (κ3) is 3.85. The van der Waals surface area contributed by atoms with Gasteiger partial charge in [-0.25, -0.2) is 4.79 Å². The number of rotatable bonds is 1. The average Bonchev–Trinajstić information content (AvgIpc) is 2.37. The lowest BCUT2D eigenvalue weighted by atomic mass is 10.2. The first kappa shape index (κ1) is 14.6. The molecule has 1 amide bonds. The van der Waals surface area contributed by atoms with E-state index in [9.17, 15) is 4.79 Å². The van der Waals surface area contributed by atoms with Crippen molar-refractivity contribution in [2.75, 3.05) is 31.1 Å².